The highest BCUT2D eigenvalue weighted by molar-refractivity contribution is 9.10. The normalized spacial score (nSPS) is 13.4. The third kappa shape index (κ3) is 4.09. The molecule has 0 saturated carbocycles. The first-order valence-corrected chi connectivity index (χ1v) is 11.3. The average molecular weight is 464 g/mol. The lowest BCUT2D eigenvalue weighted by Crippen LogP contribution is -2.15. The van der Waals surface area contributed by atoms with Crippen molar-refractivity contribution in [3.8, 4) is 11.4 Å². The summed E-state index contributed by atoms with van der Waals surface area (Å²) in [5, 5.41) is 14.4. The molecule has 0 atom stereocenters. The van der Waals surface area contributed by atoms with Crippen LogP contribution in [0.1, 0.15) is 23.3 Å². The smallest absolute Gasteiger partial charge is 0.236 e. The van der Waals surface area contributed by atoms with Crippen LogP contribution in [-0.4, -0.2) is 31.4 Å². The zero-order valence-corrected chi connectivity index (χ0v) is 18.0. The summed E-state index contributed by atoms with van der Waals surface area (Å²) < 4.78 is 2.85. The molecule has 0 aromatic carbocycles. The van der Waals surface area contributed by atoms with E-state index in [0.717, 1.165) is 21.9 Å². The van der Waals surface area contributed by atoms with Crippen molar-refractivity contribution in [2.75, 3.05) is 11.1 Å². The standard InChI is InChI=1S/C18H18BrN5OS2/c1-24-17(13-9-26-14-5-3-2-4-12(13)14)22-23-18(24)27-10-16(25)21-15-7-6-11(19)8-20-15/h6-9H,2-5,10H2,1H3,(H,20,21,25). The van der Waals surface area contributed by atoms with E-state index in [2.05, 4.69) is 41.8 Å². The van der Waals surface area contributed by atoms with Gasteiger partial charge < -0.3 is 9.88 Å². The molecule has 27 heavy (non-hydrogen) atoms. The van der Waals surface area contributed by atoms with E-state index in [1.54, 1.807) is 12.3 Å². The fourth-order valence-electron chi connectivity index (χ4n) is 3.12. The summed E-state index contributed by atoms with van der Waals surface area (Å²) in [4.78, 5) is 17.8. The Hall–Kier alpha value is -1.71. The number of carbonyl (C=O) groups is 1. The zero-order valence-electron chi connectivity index (χ0n) is 14.7. The number of aryl methyl sites for hydroxylation is 1. The molecule has 0 radical (unpaired) electrons. The van der Waals surface area contributed by atoms with E-state index in [0.29, 0.717) is 5.82 Å². The van der Waals surface area contributed by atoms with Gasteiger partial charge in [-0.3, -0.25) is 4.79 Å². The summed E-state index contributed by atoms with van der Waals surface area (Å²) in [5.74, 6) is 1.55. The molecule has 0 spiro atoms. The predicted molar refractivity (Wildman–Crippen MR) is 112 cm³/mol. The largest absolute Gasteiger partial charge is 0.310 e. The van der Waals surface area contributed by atoms with Gasteiger partial charge in [-0.1, -0.05) is 11.8 Å². The van der Waals surface area contributed by atoms with Gasteiger partial charge in [-0.2, -0.15) is 0 Å². The Kier molecular flexibility index (Phi) is 5.60. The van der Waals surface area contributed by atoms with Crippen molar-refractivity contribution in [2.45, 2.75) is 30.8 Å². The highest BCUT2D eigenvalue weighted by atomic mass is 79.9. The second kappa shape index (κ2) is 8.12. The maximum Gasteiger partial charge on any atom is 0.236 e. The molecule has 4 rings (SSSR count). The van der Waals surface area contributed by atoms with Crippen molar-refractivity contribution in [3.05, 3.63) is 38.6 Å². The fourth-order valence-corrected chi connectivity index (χ4v) is 5.19. The van der Waals surface area contributed by atoms with Crippen LogP contribution < -0.4 is 5.32 Å². The second-order valence-corrected chi connectivity index (χ2v) is 9.14. The Morgan fingerprint density at radius 1 is 1.33 bits per heavy atom. The van der Waals surface area contributed by atoms with Crippen LogP contribution in [0, 0.1) is 0 Å². The lowest BCUT2D eigenvalue weighted by atomic mass is 9.96. The van der Waals surface area contributed by atoms with Crippen molar-refractivity contribution < 1.29 is 4.79 Å². The van der Waals surface area contributed by atoms with E-state index >= 15 is 0 Å². The molecule has 0 saturated heterocycles. The highest BCUT2D eigenvalue weighted by Gasteiger charge is 2.21. The molecule has 1 aliphatic rings. The van der Waals surface area contributed by atoms with Crippen molar-refractivity contribution in [1.29, 1.82) is 0 Å². The Bertz CT molecular complexity index is 967. The van der Waals surface area contributed by atoms with Gasteiger partial charge in [0.25, 0.3) is 0 Å². The number of hydrogen-bond acceptors (Lipinski definition) is 6. The van der Waals surface area contributed by atoms with Crippen LogP contribution in [0.5, 0.6) is 0 Å². The van der Waals surface area contributed by atoms with Gasteiger partial charge in [0.2, 0.25) is 5.91 Å². The van der Waals surface area contributed by atoms with Crippen LogP contribution in [0.15, 0.2) is 33.3 Å². The van der Waals surface area contributed by atoms with Gasteiger partial charge >= 0.3 is 0 Å². The third-order valence-corrected chi connectivity index (χ3v) is 7.04. The minimum absolute atomic E-state index is 0.118. The van der Waals surface area contributed by atoms with E-state index in [-0.39, 0.29) is 11.7 Å². The Morgan fingerprint density at radius 2 is 2.19 bits per heavy atom. The molecule has 1 aliphatic carbocycles. The molecule has 1 N–H and O–H groups in total. The summed E-state index contributed by atoms with van der Waals surface area (Å²) in [6, 6.07) is 3.60. The number of anilines is 1. The van der Waals surface area contributed by atoms with Gasteiger partial charge in [-0.25, -0.2) is 4.98 Å². The Balaban J connectivity index is 1.43. The fraction of sp³-hybridized carbons (Fsp3) is 0.333. The van der Waals surface area contributed by atoms with Crippen LogP contribution in [0.3, 0.4) is 0 Å². The maximum atomic E-state index is 12.2. The molecule has 0 aliphatic heterocycles. The van der Waals surface area contributed by atoms with Crippen LogP contribution in [0.2, 0.25) is 0 Å². The number of fused-ring (bicyclic) bond motifs is 1. The van der Waals surface area contributed by atoms with E-state index < -0.39 is 0 Å². The number of rotatable bonds is 5. The number of nitrogens with one attached hydrogen (secondary N) is 1. The summed E-state index contributed by atoms with van der Waals surface area (Å²) in [6.07, 6.45) is 6.45. The molecule has 6 nitrogen and oxygen atoms in total. The number of halogens is 1. The SMILES string of the molecule is Cn1c(SCC(=O)Nc2ccc(Br)cn2)nnc1-c1csc2c1CCCC2. The molecule has 1 amide bonds. The molecule has 3 aromatic rings. The zero-order chi connectivity index (χ0) is 18.8. The first-order chi connectivity index (χ1) is 13.1. The molecule has 3 aromatic heterocycles. The van der Waals surface area contributed by atoms with Crippen molar-refractivity contribution >= 4 is 50.8 Å². The number of nitrogens with zero attached hydrogens (tertiary/aromatic N) is 4. The highest BCUT2D eigenvalue weighted by Crippen LogP contribution is 2.36. The number of thiophene rings is 1. The second-order valence-electron chi connectivity index (χ2n) is 6.32. The van der Waals surface area contributed by atoms with Crippen molar-refractivity contribution in [1.82, 2.24) is 19.7 Å². The number of hydrogen-bond donors (Lipinski definition) is 1. The first-order valence-electron chi connectivity index (χ1n) is 8.65. The average Bonchev–Trinajstić information content (AvgIpc) is 3.25. The summed E-state index contributed by atoms with van der Waals surface area (Å²) in [6.45, 7) is 0. The maximum absolute atomic E-state index is 12.2. The van der Waals surface area contributed by atoms with Gasteiger partial charge in [0, 0.05) is 33.5 Å². The van der Waals surface area contributed by atoms with E-state index in [4.69, 9.17) is 0 Å². The number of aromatic nitrogens is 4. The third-order valence-electron chi connectivity index (χ3n) is 4.46. The number of amides is 1. The molecular formula is C18H18BrN5OS2. The van der Waals surface area contributed by atoms with Crippen LogP contribution in [0.25, 0.3) is 11.4 Å². The summed E-state index contributed by atoms with van der Waals surface area (Å²) in [7, 11) is 1.96. The van der Waals surface area contributed by atoms with Crippen LogP contribution in [-0.2, 0) is 24.7 Å². The summed E-state index contributed by atoms with van der Waals surface area (Å²) in [5.41, 5.74) is 2.62. The van der Waals surface area contributed by atoms with Crippen LogP contribution >= 0.6 is 39.0 Å². The lowest BCUT2D eigenvalue weighted by molar-refractivity contribution is -0.113. The Labute approximate surface area is 173 Å². The topological polar surface area (TPSA) is 72.7 Å². The van der Waals surface area contributed by atoms with E-state index in [1.165, 1.54) is 47.0 Å². The minimum atomic E-state index is -0.118. The molecule has 9 heteroatoms. The quantitative estimate of drug-likeness (QED) is 0.570. The number of pyridine rings is 1. The monoisotopic (exact) mass is 463 g/mol. The molecule has 140 valence electrons. The molecular weight excluding hydrogens is 446 g/mol. The van der Waals surface area contributed by atoms with Gasteiger partial charge in [0.1, 0.15) is 5.82 Å². The number of thioether (sulfide) groups is 1. The van der Waals surface area contributed by atoms with Crippen molar-refractivity contribution in [2.24, 2.45) is 7.05 Å². The van der Waals surface area contributed by atoms with Crippen LogP contribution in [0.4, 0.5) is 5.82 Å². The predicted octanol–water partition coefficient (Wildman–Crippen LogP) is 4.31. The van der Waals surface area contributed by atoms with E-state index in [9.17, 15) is 4.79 Å². The number of carbonyl (C=O) groups excluding carboxylic acids is 1. The van der Waals surface area contributed by atoms with Crippen molar-refractivity contribution in [3.63, 3.8) is 0 Å². The first kappa shape index (κ1) is 18.6. The van der Waals surface area contributed by atoms with Gasteiger partial charge in [-0.05, 0) is 59.3 Å². The molecule has 3 heterocycles. The molecule has 0 unspecified atom stereocenters. The van der Waals surface area contributed by atoms with Gasteiger partial charge in [-0.15, -0.1) is 21.5 Å². The van der Waals surface area contributed by atoms with E-state index in [1.807, 2.05) is 29.0 Å². The van der Waals surface area contributed by atoms with Gasteiger partial charge in [0.15, 0.2) is 11.0 Å². The minimum Gasteiger partial charge on any atom is -0.310 e. The lowest BCUT2D eigenvalue weighted by Gasteiger charge is -2.12. The molecule has 0 fully saturated rings. The van der Waals surface area contributed by atoms with Gasteiger partial charge in [0.05, 0.1) is 5.75 Å². The molecule has 0 bridgehead atoms. The summed E-state index contributed by atoms with van der Waals surface area (Å²) >= 11 is 6.53. The Morgan fingerprint density at radius 3 is 3.00 bits per heavy atom.